The van der Waals surface area contributed by atoms with Gasteiger partial charge in [-0.1, -0.05) is 29.8 Å². The second kappa shape index (κ2) is 6.34. The molecule has 0 aromatic heterocycles. The summed E-state index contributed by atoms with van der Waals surface area (Å²) < 4.78 is 0. The minimum Gasteiger partial charge on any atom is -0.325 e. The molecule has 1 aliphatic rings. The quantitative estimate of drug-likeness (QED) is 0.915. The molecule has 1 heterocycles. The lowest BCUT2D eigenvalue weighted by atomic mass is 10.0. The van der Waals surface area contributed by atoms with E-state index in [-0.39, 0.29) is 5.91 Å². The van der Waals surface area contributed by atoms with E-state index < -0.39 is 0 Å². The van der Waals surface area contributed by atoms with Crippen molar-refractivity contribution in [3.63, 3.8) is 0 Å². The van der Waals surface area contributed by atoms with Crippen molar-refractivity contribution in [2.75, 3.05) is 11.9 Å². The number of aryl methyl sites for hydroxylation is 2. The fourth-order valence-corrected chi connectivity index (χ4v) is 3.19. The average molecular weight is 329 g/mol. The summed E-state index contributed by atoms with van der Waals surface area (Å²) in [7, 11) is 0. The van der Waals surface area contributed by atoms with Crippen molar-refractivity contribution in [2.24, 2.45) is 0 Å². The van der Waals surface area contributed by atoms with Gasteiger partial charge in [0.25, 0.3) is 0 Å². The van der Waals surface area contributed by atoms with E-state index in [0.717, 1.165) is 24.3 Å². The third kappa shape index (κ3) is 3.41. The lowest BCUT2D eigenvalue weighted by Crippen LogP contribution is -2.29. The number of anilines is 1. The first-order valence-corrected chi connectivity index (χ1v) is 8.18. The smallest absolute Gasteiger partial charge is 0.238 e. The van der Waals surface area contributed by atoms with Gasteiger partial charge in [-0.3, -0.25) is 9.69 Å². The molecule has 0 saturated heterocycles. The third-order valence-electron chi connectivity index (χ3n) is 4.51. The number of fused-ring (bicyclic) bond motifs is 1. The Balaban J connectivity index is 1.65. The summed E-state index contributed by atoms with van der Waals surface area (Å²) in [5.74, 6) is -0.00313. The molecule has 0 radical (unpaired) electrons. The highest BCUT2D eigenvalue weighted by molar-refractivity contribution is 6.31. The second-order valence-corrected chi connectivity index (χ2v) is 6.72. The Hall–Kier alpha value is -1.84. The maximum absolute atomic E-state index is 12.3. The van der Waals surface area contributed by atoms with Crippen LogP contribution >= 0.6 is 11.6 Å². The highest BCUT2D eigenvalue weighted by Crippen LogP contribution is 2.26. The number of carbonyl (C=O) groups is 1. The van der Waals surface area contributed by atoms with Crippen LogP contribution in [0.5, 0.6) is 0 Å². The monoisotopic (exact) mass is 328 g/mol. The van der Waals surface area contributed by atoms with E-state index in [0.29, 0.717) is 11.6 Å². The molecule has 4 heteroatoms. The van der Waals surface area contributed by atoms with Gasteiger partial charge in [-0.05, 0) is 60.7 Å². The SMILES string of the molecule is Cc1cc2c(cc1C)CN(CC(=O)Nc1cccc(Cl)c1C)C2. The Labute approximate surface area is 142 Å². The minimum atomic E-state index is -0.00313. The van der Waals surface area contributed by atoms with Crippen LogP contribution in [0, 0.1) is 20.8 Å². The summed E-state index contributed by atoms with van der Waals surface area (Å²) >= 11 is 6.10. The molecule has 3 rings (SSSR count). The van der Waals surface area contributed by atoms with E-state index in [1.54, 1.807) is 0 Å². The predicted molar refractivity (Wildman–Crippen MR) is 94.8 cm³/mol. The van der Waals surface area contributed by atoms with E-state index in [4.69, 9.17) is 11.6 Å². The number of nitrogens with one attached hydrogen (secondary N) is 1. The zero-order valence-electron chi connectivity index (χ0n) is 13.7. The molecule has 0 bridgehead atoms. The maximum atomic E-state index is 12.3. The van der Waals surface area contributed by atoms with Gasteiger partial charge in [0.15, 0.2) is 0 Å². The largest absolute Gasteiger partial charge is 0.325 e. The molecular formula is C19H21ClN2O. The summed E-state index contributed by atoms with van der Waals surface area (Å²) in [5, 5.41) is 3.63. The molecule has 1 aliphatic heterocycles. The Kier molecular flexibility index (Phi) is 4.42. The van der Waals surface area contributed by atoms with Crippen molar-refractivity contribution in [3.05, 3.63) is 63.2 Å². The van der Waals surface area contributed by atoms with Crippen LogP contribution in [0.2, 0.25) is 5.02 Å². The van der Waals surface area contributed by atoms with Crippen molar-refractivity contribution in [2.45, 2.75) is 33.9 Å². The minimum absolute atomic E-state index is 0.00313. The topological polar surface area (TPSA) is 32.3 Å². The molecule has 0 aliphatic carbocycles. The third-order valence-corrected chi connectivity index (χ3v) is 4.92. The standard InChI is InChI=1S/C19H21ClN2O/c1-12-7-15-9-22(10-16(15)8-13(12)2)11-19(23)21-18-6-4-5-17(20)14(18)3/h4-8H,9-11H2,1-3H3,(H,21,23). The maximum Gasteiger partial charge on any atom is 0.238 e. The first kappa shape index (κ1) is 16.0. The van der Waals surface area contributed by atoms with Gasteiger partial charge in [0, 0.05) is 23.8 Å². The van der Waals surface area contributed by atoms with Crippen molar-refractivity contribution in [1.82, 2.24) is 4.90 Å². The zero-order chi connectivity index (χ0) is 16.6. The first-order chi connectivity index (χ1) is 10.9. The number of hydrogen-bond acceptors (Lipinski definition) is 2. The van der Waals surface area contributed by atoms with Gasteiger partial charge in [0.05, 0.1) is 6.54 Å². The van der Waals surface area contributed by atoms with Crippen LogP contribution in [0.3, 0.4) is 0 Å². The second-order valence-electron chi connectivity index (χ2n) is 6.31. The number of hydrogen-bond donors (Lipinski definition) is 1. The Morgan fingerprint density at radius 1 is 1.13 bits per heavy atom. The molecule has 2 aromatic rings. The van der Waals surface area contributed by atoms with Crippen LogP contribution in [0.15, 0.2) is 30.3 Å². The van der Waals surface area contributed by atoms with Crippen molar-refractivity contribution < 1.29 is 4.79 Å². The Morgan fingerprint density at radius 2 is 1.74 bits per heavy atom. The molecule has 0 spiro atoms. The molecule has 1 N–H and O–H groups in total. The number of nitrogens with zero attached hydrogens (tertiary/aromatic N) is 1. The molecule has 2 aromatic carbocycles. The number of halogens is 1. The van der Waals surface area contributed by atoms with Crippen LogP contribution < -0.4 is 5.32 Å². The van der Waals surface area contributed by atoms with E-state index in [1.807, 2.05) is 25.1 Å². The molecular weight excluding hydrogens is 308 g/mol. The zero-order valence-corrected chi connectivity index (χ0v) is 14.5. The number of rotatable bonds is 3. The summed E-state index contributed by atoms with van der Waals surface area (Å²) in [6.45, 7) is 8.23. The normalized spacial score (nSPS) is 13.9. The molecule has 0 atom stereocenters. The lowest BCUT2D eigenvalue weighted by molar-refractivity contribution is -0.117. The van der Waals surface area contributed by atoms with Gasteiger partial charge in [0.2, 0.25) is 5.91 Å². The van der Waals surface area contributed by atoms with Crippen LogP contribution in [0.1, 0.15) is 27.8 Å². The molecule has 1 amide bonds. The van der Waals surface area contributed by atoms with Gasteiger partial charge in [-0.2, -0.15) is 0 Å². The van der Waals surface area contributed by atoms with Crippen LogP contribution in [0.25, 0.3) is 0 Å². The van der Waals surface area contributed by atoms with Crippen LogP contribution in [0.4, 0.5) is 5.69 Å². The molecule has 3 nitrogen and oxygen atoms in total. The predicted octanol–water partition coefficient (Wildman–Crippen LogP) is 4.22. The van der Waals surface area contributed by atoms with Crippen molar-refractivity contribution >= 4 is 23.2 Å². The summed E-state index contributed by atoms with van der Waals surface area (Å²) in [6.07, 6.45) is 0. The highest BCUT2D eigenvalue weighted by atomic mass is 35.5. The van der Waals surface area contributed by atoms with E-state index in [9.17, 15) is 4.79 Å². The van der Waals surface area contributed by atoms with E-state index in [1.165, 1.54) is 22.3 Å². The number of benzene rings is 2. The van der Waals surface area contributed by atoms with Gasteiger partial charge < -0.3 is 5.32 Å². The number of amides is 1. The molecule has 23 heavy (non-hydrogen) atoms. The van der Waals surface area contributed by atoms with Gasteiger partial charge in [-0.15, -0.1) is 0 Å². The first-order valence-electron chi connectivity index (χ1n) is 7.80. The fourth-order valence-electron chi connectivity index (χ4n) is 3.02. The van der Waals surface area contributed by atoms with Crippen LogP contribution in [-0.4, -0.2) is 17.4 Å². The summed E-state index contributed by atoms with van der Waals surface area (Å²) in [6, 6.07) is 10.0. The molecule has 0 fully saturated rings. The Bertz CT molecular complexity index is 739. The van der Waals surface area contributed by atoms with Gasteiger partial charge in [-0.25, -0.2) is 0 Å². The van der Waals surface area contributed by atoms with Gasteiger partial charge >= 0.3 is 0 Å². The molecule has 0 saturated carbocycles. The number of carbonyl (C=O) groups excluding carboxylic acids is 1. The average Bonchev–Trinajstić information content (AvgIpc) is 2.85. The molecule has 120 valence electrons. The van der Waals surface area contributed by atoms with Gasteiger partial charge in [0.1, 0.15) is 0 Å². The van der Waals surface area contributed by atoms with E-state index >= 15 is 0 Å². The highest BCUT2D eigenvalue weighted by Gasteiger charge is 2.21. The Morgan fingerprint density at radius 3 is 2.35 bits per heavy atom. The van der Waals surface area contributed by atoms with Crippen LogP contribution in [-0.2, 0) is 17.9 Å². The fraction of sp³-hybridized carbons (Fsp3) is 0.316. The van der Waals surface area contributed by atoms with Crippen molar-refractivity contribution in [1.29, 1.82) is 0 Å². The van der Waals surface area contributed by atoms with E-state index in [2.05, 4.69) is 36.2 Å². The summed E-state index contributed by atoms with van der Waals surface area (Å²) in [5.41, 5.74) is 6.97. The van der Waals surface area contributed by atoms with Crippen molar-refractivity contribution in [3.8, 4) is 0 Å². The molecule has 0 unspecified atom stereocenters. The summed E-state index contributed by atoms with van der Waals surface area (Å²) in [4.78, 5) is 14.5. The lowest BCUT2D eigenvalue weighted by Gasteiger charge is -2.15.